The molecule has 0 N–H and O–H groups in total. The van der Waals surface area contributed by atoms with E-state index in [2.05, 4.69) is 16.7 Å². The van der Waals surface area contributed by atoms with Crippen LogP contribution < -0.4 is 0 Å². The number of rotatable bonds is 3. The molecule has 0 saturated carbocycles. The smallest absolute Gasteiger partial charge is 0.166 e. The third-order valence-electron chi connectivity index (χ3n) is 4.79. The molecule has 1 aromatic carbocycles. The van der Waals surface area contributed by atoms with Crippen molar-refractivity contribution in [2.75, 3.05) is 0 Å². The number of thioether (sulfide) groups is 1. The molecule has 0 radical (unpaired) electrons. The van der Waals surface area contributed by atoms with E-state index < -0.39 is 0 Å². The number of ketones is 1. The molecule has 2 aliphatic heterocycles. The highest BCUT2D eigenvalue weighted by Gasteiger charge is 2.37. The molecule has 4 rings (SSSR count). The first-order chi connectivity index (χ1) is 10.8. The first-order valence-electron chi connectivity index (χ1n) is 8.01. The van der Waals surface area contributed by atoms with Crippen LogP contribution in [0.3, 0.4) is 0 Å². The van der Waals surface area contributed by atoms with Crippen LogP contribution in [0, 0.1) is 5.92 Å². The highest BCUT2D eigenvalue weighted by atomic mass is 32.2. The summed E-state index contributed by atoms with van der Waals surface area (Å²) in [7, 11) is 0. The maximum atomic E-state index is 12.7. The molecule has 0 spiro atoms. The zero-order valence-corrected chi connectivity index (χ0v) is 13.3. The number of hydrogen-bond donors (Lipinski definition) is 0. The predicted octanol–water partition coefficient (Wildman–Crippen LogP) is 4.61. The molecular weight excluding hydrogens is 290 g/mol. The molecule has 2 aromatic rings. The van der Waals surface area contributed by atoms with E-state index in [0.29, 0.717) is 5.78 Å². The Kier molecular flexibility index (Phi) is 3.75. The summed E-state index contributed by atoms with van der Waals surface area (Å²) in [5.74, 6) is 0.573. The van der Waals surface area contributed by atoms with E-state index in [4.69, 9.17) is 0 Å². The standard InChI is InChI=1S/C19H19NOS/c21-19(15-11-16-8-9-17(12-15)22-16)14-6-4-13(5-7-14)18-3-1-2-10-20-18/h1-7,10,15-17H,8-9,11-12H2. The number of pyridine rings is 1. The number of carbonyl (C=O) groups excluding carboxylic acids is 1. The summed E-state index contributed by atoms with van der Waals surface area (Å²) < 4.78 is 0. The van der Waals surface area contributed by atoms with Gasteiger partial charge in [0.25, 0.3) is 0 Å². The quantitative estimate of drug-likeness (QED) is 0.776. The number of nitrogens with zero attached hydrogens (tertiary/aromatic N) is 1. The van der Waals surface area contributed by atoms with Gasteiger partial charge in [0.15, 0.2) is 5.78 Å². The van der Waals surface area contributed by atoms with Crippen molar-refractivity contribution in [2.45, 2.75) is 36.2 Å². The Morgan fingerprint density at radius 2 is 1.73 bits per heavy atom. The summed E-state index contributed by atoms with van der Waals surface area (Å²) in [6.45, 7) is 0. The van der Waals surface area contributed by atoms with Gasteiger partial charge < -0.3 is 0 Å². The fourth-order valence-electron chi connectivity index (χ4n) is 3.65. The Labute approximate surface area is 135 Å². The number of carbonyl (C=O) groups is 1. The van der Waals surface area contributed by atoms with Gasteiger partial charge in [0.05, 0.1) is 5.69 Å². The maximum Gasteiger partial charge on any atom is 0.166 e. The zero-order valence-electron chi connectivity index (χ0n) is 12.4. The Balaban J connectivity index is 1.52. The van der Waals surface area contributed by atoms with Gasteiger partial charge in [0.1, 0.15) is 0 Å². The lowest BCUT2D eigenvalue weighted by atomic mass is 9.90. The van der Waals surface area contributed by atoms with Crippen LogP contribution in [0.5, 0.6) is 0 Å². The van der Waals surface area contributed by atoms with Crippen LogP contribution in [-0.4, -0.2) is 21.3 Å². The Morgan fingerprint density at radius 1 is 1.00 bits per heavy atom. The molecule has 112 valence electrons. The van der Waals surface area contributed by atoms with Crippen LogP contribution >= 0.6 is 11.8 Å². The van der Waals surface area contributed by atoms with E-state index in [9.17, 15) is 4.79 Å². The number of benzene rings is 1. The maximum absolute atomic E-state index is 12.7. The van der Waals surface area contributed by atoms with E-state index in [1.165, 1.54) is 12.8 Å². The molecule has 2 saturated heterocycles. The summed E-state index contributed by atoms with van der Waals surface area (Å²) in [6, 6.07) is 13.9. The Morgan fingerprint density at radius 3 is 2.36 bits per heavy atom. The molecule has 2 fully saturated rings. The second-order valence-electron chi connectivity index (χ2n) is 6.28. The first-order valence-corrected chi connectivity index (χ1v) is 8.95. The molecule has 0 amide bonds. The molecule has 2 atom stereocenters. The summed E-state index contributed by atoms with van der Waals surface area (Å²) in [6.07, 6.45) is 6.54. The summed E-state index contributed by atoms with van der Waals surface area (Å²) in [4.78, 5) is 17.1. The highest BCUT2D eigenvalue weighted by Crippen LogP contribution is 2.46. The monoisotopic (exact) mass is 309 g/mol. The third kappa shape index (κ3) is 2.70. The minimum Gasteiger partial charge on any atom is -0.294 e. The summed E-state index contributed by atoms with van der Waals surface area (Å²) in [5.41, 5.74) is 2.88. The fraction of sp³-hybridized carbons (Fsp3) is 0.368. The van der Waals surface area contributed by atoms with Gasteiger partial charge in [-0.15, -0.1) is 0 Å². The number of aromatic nitrogens is 1. The molecular formula is C19H19NOS. The Hall–Kier alpha value is -1.61. The fourth-order valence-corrected chi connectivity index (χ4v) is 5.42. The lowest BCUT2D eigenvalue weighted by Gasteiger charge is -2.26. The summed E-state index contributed by atoms with van der Waals surface area (Å²) in [5, 5.41) is 1.45. The zero-order chi connectivity index (χ0) is 14.9. The van der Waals surface area contributed by atoms with Crippen LogP contribution in [0.25, 0.3) is 11.3 Å². The van der Waals surface area contributed by atoms with Crippen LogP contribution in [-0.2, 0) is 0 Å². The van der Waals surface area contributed by atoms with Crippen molar-refractivity contribution in [2.24, 2.45) is 5.92 Å². The average molecular weight is 309 g/mol. The lowest BCUT2D eigenvalue weighted by Crippen LogP contribution is -2.24. The molecule has 3 heterocycles. The molecule has 0 aliphatic carbocycles. The van der Waals surface area contributed by atoms with E-state index in [-0.39, 0.29) is 5.92 Å². The molecule has 22 heavy (non-hydrogen) atoms. The lowest BCUT2D eigenvalue weighted by molar-refractivity contribution is 0.0907. The van der Waals surface area contributed by atoms with Crippen molar-refractivity contribution in [3.05, 3.63) is 54.2 Å². The van der Waals surface area contributed by atoms with Crippen molar-refractivity contribution in [1.29, 1.82) is 0 Å². The average Bonchev–Trinajstić information content (AvgIpc) is 2.93. The van der Waals surface area contributed by atoms with Gasteiger partial charge in [-0.2, -0.15) is 11.8 Å². The number of Topliss-reactive ketones (excluding diaryl/α,β-unsaturated/α-hetero) is 1. The van der Waals surface area contributed by atoms with E-state index in [1.54, 1.807) is 6.20 Å². The van der Waals surface area contributed by atoms with E-state index in [1.807, 2.05) is 42.5 Å². The minimum atomic E-state index is 0.236. The van der Waals surface area contributed by atoms with Crippen molar-refractivity contribution in [3.8, 4) is 11.3 Å². The van der Waals surface area contributed by atoms with Gasteiger partial charge in [0, 0.05) is 33.7 Å². The van der Waals surface area contributed by atoms with Gasteiger partial charge in [-0.1, -0.05) is 30.3 Å². The van der Waals surface area contributed by atoms with Gasteiger partial charge in [-0.3, -0.25) is 9.78 Å². The highest BCUT2D eigenvalue weighted by molar-refractivity contribution is 8.00. The predicted molar refractivity (Wildman–Crippen MR) is 91.1 cm³/mol. The van der Waals surface area contributed by atoms with E-state index >= 15 is 0 Å². The minimum absolute atomic E-state index is 0.236. The summed E-state index contributed by atoms with van der Waals surface area (Å²) >= 11 is 2.11. The van der Waals surface area contributed by atoms with Gasteiger partial charge >= 0.3 is 0 Å². The SMILES string of the molecule is O=C(c1ccc(-c2ccccn2)cc1)C1CC2CCC(C1)S2. The molecule has 1 aromatic heterocycles. The van der Waals surface area contributed by atoms with Crippen molar-refractivity contribution in [1.82, 2.24) is 4.98 Å². The molecule has 2 nitrogen and oxygen atoms in total. The second kappa shape index (κ2) is 5.88. The molecule has 3 heteroatoms. The van der Waals surface area contributed by atoms with Crippen LogP contribution in [0.4, 0.5) is 0 Å². The second-order valence-corrected chi connectivity index (χ2v) is 7.89. The number of fused-ring (bicyclic) bond motifs is 2. The van der Waals surface area contributed by atoms with Gasteiger partial charge in [-0.05, 0) is 37.8 Å². The van der Waals surface area contributed by atoms with Crippen LogP contribution in [0.2, 0.25) is 0 Å². The topological polar surface area (TPSA) is 30.0 Å². The van der Waals surface area contributed by atoms with Crippen molar-refractivity contribution < 1.29 is 4.79 Å². The molecule has 2 aliphatic rings. The third-order valence-corrected chi connectivity index (χ3v) is 6.42. The van der Waals surface area contributed by atoms with Crippen molar-refractivity contribution >= 4 is 17.5 Å². The normalized spacial score (nSPS) is 26.8. The van der Waals surface area contributed by atoms with Crippen LogP contribution in [0.15, 0.2) is 48.7 Å². The van der Waals surface area contributed by atoms with Gasteiger partial charge in [-0.25, -0.2) is 0 Å². The largest absolute Gasteiger partial charge is 0.294 e. The van der Waals surface area contributed by atoms with Crippen molar-refractivity contribution in [3.63, 3.8) is 0 Å². The van der Waals surface area contributed by atoms with Crippen LogP contribution in [0.1, 0.15) is 36.0 Å². The molecule has 2 bridgehead atoms. The first kappa shape index (κ1) is 14.0. The number of hydrogen-bond acceptors (Lipinski definition) is 3. The van der Waals surface area contributed by atoms with Gasteiger partial charge in [0.2, 0.25) is 0 Å². The molecule has 2 unspecified atom stereocenters. The van der Waals surface area contributed by atoms with E-state index in [0.717, 1.165) is 40.2 Å². The Bertz CT molecular complexity index is 656.